The number of phenolic OH excluding ortho intramolecular Hbond substituents is 1. The highest BCUT2D eigenvalue weighted by molar-refractivity contribution is 5.78. The summed E-state index contributed by atoms with van der Waals surface area (Å²) in [6.07, 6.45) is 1.87. The Morgan fingerprint density at radius 2 is 1.76 bits per heavy atom. The third-order valence-electron chi connectivity index (χ3n) is 2.82. The lowest BCUT2D eigenvalue weighted by Crippen LogP contribution is -2.00. The number of nitrogens with zero attached hydrogens (tertiary/aromatic N) is 2. The summed E-state index contributed by atoms with van der Waals surface area (Å²) in [5.41, 5.74) is 2.25. The predicted octanol–water partition coefficient (Wildman–Crippen LogP) is 2.79. The minimum absolute atomic E-state index is 0.291. The van der Waals surface area contributed by atoms with E-state index >= 15 is 0 Å². The highest BCUT2D eigenvalue weighted by Crippen LogP contribution is 2.15. The normalized spacial score (nSPS) is 10.8. The van der Waals surface area contributed by atoms with Gasteiger partial charge >= 0.3 is 0 Å². The maximum atomic E-state index is 9.23. The van der Waals surface area contributed by atoms with Gasteiger partial charge in [0.15, 0.2) is 0 Å². The Hall–Kier alpha value is -2.29. The average Bonchev–Trinajstić information content (AvgIpc) is 2.76. The Balaban J connectivity index is 1.97. The molecular formula is C14H12N2O. The molecule has 0 atom stereocenters. The van der Waals surface area contributed by atoms with Gasteiger partial charge in [-0.2, -0.15) is 5.10 Å². The molecule has 3 heteroatoms. The minimum Gasteiger partial charge on any atom is -0.508 e. The third-order valence-corrected chi connectivity index (χ3v) is 2.82. The Morgan fingerprint density at radius 3 is 2.59 bits per heavy atom. The topological polar surface area (TPSA) is 38.0 Å². The summed E-state index contributed by atoms with van der Waals surface area (Å²) in [4.78, 5) is 0. The van der Waals surface area contributed by atoms with E-state index in [0.29, 0.717) is 12.3 Å². The van der Waals surface area contributed by atoms with Gasteiger partial charge in [-0.15, -0.1) is 0 Å². The van der Waals surface area contributed by atoms with Crippen LogP contribution in [0.3, 0.4) is 0 Å². The van der Waals surface area contributed by atoms with Crippen LogP contribution in [-0.2, 0) is 6.54 Å². The zero-order valence-corrected chi connectivity index (χ0v) is 9.24. The van der Waals surface area contributed by atoms with Crippen molar-refractivity contribution in [1.29, 1.82) is 0 Å². The van der Waals surface area contributed by atoms with Crippen molar-refractivity contribution in [3.05, 3.63) is 60.3 Å². The van der Waals surface area contributed by atoms with Crippen molar-refractivity contribution in [2.45, 2.75) is 6.54 Å². The molecule has 1 heterocycles. The van der Waals surface area contributed by atoms with Gasteiger partial charge in [0.25, 0.3) is 0 Å². The molecule has 0 aliphatic rings. The van der Waals surface area contributed by atoms with Crippen molar-refractivity contribution in [2.24, 2.45) is 0 Å². The van der Waals surface area contributed by atoms with Gasteiger partial charge in [-0.25, -0.2) is 0 Å². The number of hydrogen-bond acceptors (Lipinski definition) is 2. The second-order valence-corrected chi connectivity index (χ2v) is 4.03. The summed E-state index contributed by atoms with van der Waals surface area (Å²) in [6, 6.07) is 15.3. The maximum absolute atomic E-state index is 9.23. The van der Waals surface area contributed by atoms with Gasteiger partial charge < -0.3 is 5.11 Å². The van der Waals surface area contributed by atoms with Gasteiger partial charge in [-0.05, 0) is 23.8 Å². The molecule has 0 saturated heterocycles. The standard InChI is InChI=1S/C14H12N2O/c17-13-7-5-11(6-8-13)10-16-14-4-2-1-3-12(14)9-15-16/h1-9,17H,10H2. The molecule has 1 aromatic heterocycles. The van der Waals surface area contributed by atoms with E-state index in [4.69, 9.17) is 0 Å². The summed E-state index contributed by atoms with van der Waals surface area (Å²) in [6.45, 7) is 0.716. The van der Waals surface area contributed by atoms with Crippen LogP contribution in [0.4, 0.5) is 0 Å². The minimum atomic E-state index is 0.291. The monoisotopic (exact) mass is 224 g/mol. The first kappa shape index (κ1) is 9.90. The highest BCUT2D eigenvalue weighted by Gasteiger charge is 2.02. The number of phenols is 1. The molecule has 0 aliphatic carbocycles. The SMILES string of the molecule is Oc1ccc(Cn2ncc3ccccc32)cc1. The first-order chi connectivity index (χ1) is 8.33. The second-order valence-electron chi connectivity index (χ2n) is 4.03. The lowest BCUT2D eigenvalue weighted by molar-refractivity contribution is 0.475. The van der Waals surface area contributed by atoms with Crippen molar-refractivity contribution in [1.82, 2.24) is 9.78 Å². The van der Waals surface area contributed by atoms with Gasteiger partial charge in [-0.3, -0.25) is 4.68 Å². The molecular weight excluding hydrogens is 212 g/mol. The Kier molecular flexibility index (Phi) is 2.29. The van der Waals surface area contributed by atoms with Crippen molar-refractivity contribution in [3.8, 4) is 5.75 Å². The molecule has 1 N–H and O–H groups in total. The number of aromatic hydroxyl groups is 1. The van der Waals surface area contributed by atoms with Crippen LogP contribution < -0.4 is 0 Å². The van der Waals surface area contributed by atoms with Crippen molar-refractivity contribution < 1.29 is 5.11 Å². The van der Waals surface area contributed by atoms with Crippen molar-refractivity contribution >= 4 is 10.9 Å². The summed E-state index contributed by atoms with van der Waals surface area (Å²) < 4.78 is 1.96. The summed E-state index contributed by atoms with van der Waals surface area (Å²) in [5.74, 6) is 0.291. The zero-order chi connectivity index (χ0) is 11.7. The average molecular weight is 224 g/mol. The Bertz CT molecular complexity index is 641. The van der Waals surface area contributed by atoms with E-state index in [9.17, 15) is 5.11 Å². The maximum Gasteiger partial charge on any atom is 0.115 e. The molecule has 3 rings (SSSR count). The fourth-order valence-corrected chi connectivity index (χ4v) is 1.93. The van der Waals surface area contributed by atoms with E-state index in [2.05, 4.69) is 17.2 Å². The van der Waals surface area contributed by atoms with Crippen LogP contribution in [-0.4, -0.2) is 14.9 Å². The largest absolute Gasteiger partial charge is 0.508 e. The lowest BCUT2D eigenvalue weighted by Gasteiger charge is -2.03. The van der Waals surface area contributed by atoms with Crippen LogP contribution in [0, 0.1) is 0 Å². The molecule has 0 unspecified atom stereocenters. The van der Waals surface area contributed by atoms with Gasteiger partial charge in [-0.1, -0.05) is 30.3 Å². The van der Waals surface area contributed by atoms with E-state index in [1.165, 1.54) is 0 Å². The first-order valence-corrected chi connectivity index (χ1v) is 5.51. The molecule has 3 nitrogen and oxygen atoms in total. The smallest absolute Gasteiger partial charge is 0.115 e. The number of rotatable bonds is 2. The van der Waals surface area contributed by atoms with E-state index in [1.807, 2.05) is 35.1 Å². The fraction of sp³-hybridized carbons (Fsp3) is 0.0714. The van der Waals surface area contributed by atoms with E-state index in [0.717, 1.165) is 16.5 Å². The first-order valence-electron chi connectivity index (χ1n) is 5.51. The summed E-state index contributed by atoms with van der Waals surface area (Å²) in [5, 5.41) is 14.7. The van der Waals surface area contributed by atoms with Gasteiger partial charge in [0, 0.05) is 5.39 Å². The van der Waals surface area contributed by atoms with Crippen molar-refractivity contribution in [2.75, 3.05) is 0 Å². The molecule has 17 heavy (non-hydrogen) atoms. The molecule has 84 valence electrons. The van der Waals surface area contributed by atoms with Crippen LogP contribution >= 0.6 is 0 Å². The summed E-state index contributed by atoms with van der Waals surface area (Å²) in [7, 11) is 0. The lowest BCUT2D eigenvalue weighted by atomic mass is 10.2. The zero-order valence-electron chi connectivity index (χ0n) is 9.24. The van der Waals surface area contributed by atoms with Crippen LogP contribution in [0.15, 0.2) is 54.7 Å². The number of aromatic nitrogens is 2. The quantitative estimate of drug-likeness (QED) is 0.726. The van der Waals surface area contributed by atoms with E-state index in [-0.39, 0.29) is 0 Å². The van der Waals surface area contributed by atoms with Crippen LogP contribution in [0.25, 0.3) is 10.9 Å². The molecule has 0 spiro atoms. The van der Waals surface area contributed by atoms with Crippen LogP contribution in [0.1, 0.15) is 5.56 Å². The fourth-order valence-electron chi connectivity index (χ4n) is 1.93. The van der Waals surface area contributed by atoms with Crippen molar-refractivity contribution in [3.63, 3.8) is 0 Å². The van der Waals surface area contributed by atoms with E-state index in [1.54, 1.807) is 12.1 Å². The Labute approximate surface area is 98.9 Å². The summed E-state index contributed by atoms with van der Waals surface area (Å²) >= 11 is 0. The van der Waals surface area contributed by atoms with Gasteiger partial charge in [0.2, 0.25) is 0 Å². The van der Waals surface area contributed by atoms with Gasteiger partial charge in [0.05, 0.1) is 18.3 Å². The molecule has 0 saturated carbocycles. The number of para-hydroxylation sites is 1. The third kappa shape index (κ3) is 1.87. The molecule has 0 amide bonds. The Morgan fingerprint density at radius 1 is 1.00 bits per heavy atom. The van der Waals surface area contributed by atoms with Gasteiger partial charge in [0.1, 0.15) is 5.75 Å². The molecule has 0 bridgehead atoms. The molecule has 2 aromatic carbocycles. The number of hydrogen-bond donors (Lipinski definition) is 1. The molecule has 0 radical (unpaired) electrons. The molecule has 3 aromatic rings. The molecule has 0 fully saturated rings. The molecule has 0 aliphatic heterocycles. The highest BCUT2D eigenvalue weighted by atomic mass is 16.3. The second kappa shape index (κ2) is 3.94. The van der Waals surface area contributed by atoms with Crippen LogP contribution in [0.2, 0.25) is 0 Å². The predicted molar refractivity (Wildman–Crippen MR) is 66.9 cm³/mol. The number of benzene rings is 2. The van der Waals surface area contributed by atoms with E-state index < -0.39 is 0 Å². The van der Waals surface area contributed by atoms with Crippen LogP contribution in [0.5, 0.6) is 5.75 Å². The number of fused-ring (bicyclic) bond motifs is 1.